The van der Waals surface area contributed by atoms with Crippen LogP contribution in [0.25, 0.3) is 0 Å². The van der Waals surface area contributed by atoms with Gasteiger partial charge in [-0.1, -0.05) is 18.9 Å². The highest BCUT2D eigenvalue weighted by Crippen LogP contribution is 2.60. The van der Waals surface area contributed by atoms with Crippen molar-refractivity contribution >= 4 is 5.91 Å². The van der Waals surface area contributed by atoms with Crippen molar-refractivity contribution in [1.82, 2.24) is 9.88 Å². The molecule has 1 saturated carbocycles. The lowest BCUT2D eigenvalue weighted by atomic mass is 9.64. The maximum absolute atomic E-state index is 12.8. The topological polar surface area (TPSA) is 33.2 Å². The van der Waals surface area contributed by atoms with Gasteiger partial charge in [-0.2, -0.15) is 0 Å². The third-order valence-corrected chi connectivity index (χ3v) is 4.86. The Labute approximate surface area is 121 Å². The van der Waals surface area contributed by atoms with Crippen molar-refractivity contribution in [2.45, 2.75) is 65.0 Å². The number of pyridine rings is 1. The molecule has 1 atom stereocenters. The molecule has 3 rings (SSSR count). The number of hydrogen-bond donors (Lipinski definition) is 0. The van der Waals surface area contributed by atoms with Crippen LogP contribution in [0.3, 0.4) is 0 Å². The Morgan fingerprint density at radius 1 is 1.25 bits per heavy atom. The van der Waals surface area contributed by atoms with Crippen LogP contribution < -0.4 is 0 Å². The Balaban J connectivity index is 2.05. The number of likely N-dealkylation sites (tertiary alicyclic amines) is 1. The molecule has 0 aromatic carbocycles. The molecule has 1 aliphatic heterocycles. The molecule has 108 valence electrons. The second-order valence-corrected chi connectivity index (χ2v) is 7.41. The van der Waals surface area contributed by atoms with Crippen molar-refractivity contribution in [3.63, 3.8) is 0 Å². The summed E-state index contributed by atoms with van der Waals surface area (Å²) in [6, 6.07) is 2.41. The summed E-state index contributed by atoms with van der Waals surface area (Å²) in [5.74, 6) is 0.356. The zero-order valence-corrected chi connectivity index (χ0v) is 12.9. The van der Waals surface area contributed by atoms with Crippen molar-refractivity contribution in [3.05, 3.63) is 29.6 Å². The van der Waals surface area contributed by atoms with Crippen LogP contribution in [0, 0.1) is 12.3 Å². The molecule has 3 heteroatoms. The van der Waals surface area contributed by atoms with Crippen molar-refractivity contribution in [1.29, 1.82) is 0 Å². The standard InChI is InChI=1S/C17H24N2O/c1-12-9-13(11-18-10-12)14-17(7-5-6-8-17)15(20)19(14)16(2,3)4/h9-11,14H,5-8H2,1-4H3. The van der Waals surface area contributed by atoms with E-state index in [1.54, 1.807) is 0 Å². The van der Waals surface area contributed by atoms with E-state index in [9.17, 15) is 4.79 Å². The first-order chi connectivity index (χ1) is 9.36. The monoisotopic (exact) mass is 272 g/mol. The van der Waals surface area contributed by atoms with Gasteiger partial charge in [0.15, 0.2) is 0 Å². The predicted octanol–water partition coefficient (Wildman–Crippen LogP) is 3.63. The third kappa shape index (κ3) is 1.79. The molecule has 0 radical (unpaired) electrons. The summed E-state index contributed by atoms with van der Waals surface area (Å²) in [7, 11) is 0. The largest absolute Gasteiger partial charge is 0.329 e. The summed E-state index contributed by atoms with van der Waals surface area (Å²) in [6.07, 6.45) is 8.27. The van der Waals surface area contributed by atoms with E-state index in [4.69, 9.17) is 0 Å². The fourth-order valence-corrected chi connectivity index (χ4v) is 4.04. The Hall–Kier alpha value is -1.38. The van der Waals surface area contributed by atoms with E-state index in [1.807, 2.05) is 12.4 Å². The lowest BCUT2D eigenvalue weighted by Gasteiger charge is -2.60. The predicted molar refractivity (Wildman–Crippen MR) is 79.2 cm³/mol. The van der Waals surface area contributed by atoms with Crippen LogP contribution in [-0.2, 0) is 4.79 Å². The Morgan fingerprint density at radius 2 is 1.90 bits per heavy atom. The van der Waals surface area contributed by atoms with Crippen LogP contribution in [0.4, 0.5) is 0 Å². The molecule has 1 amide bonds. The van der Waals surface area contributed by atoms with Crippen LogP contribution in [0.1, 0.15) is 63.6 Å². The number of aromatic nitrogens is 1. The average Bonchev–Trinajstić information content (AvgIpc) is 2.85. The molecule has 0 N–H and O–H groups in total. The van der Waals surface area contributed by atoms with Gasteiger partial charge in [0, 0.05) is 17.9 Å². The summed E-state index contributed by atoms with van der Waals surface area (Å²) >= 11 is 0. The first-order valence-corrected chi connectivity index (χ1v) is 7.62. The summed E-state index contributed by atoms with van der Waals surface area (Å²) in [4.78, 5) is 19.2. The summed E-state index contributed by atoms with van der Waals surface area (Å²) in [5.41, 5.74) is 2.12. The number of carbonyl (C=O) groups is 1. The molecule has 1 aromatic heterocycles. The molecule has 1 saturated heterocycles. The van der Waals surface area contributed by atoms with Crippen LogP contribution in [-0.4, -0.2) is 21.3 Å². The summed E-state index contributed by atoms with van der Waals surface area (Å²) in [6.45, 7) is 8.45. The highest BCUT2D eigenvalue weighted by Gasteiger charge is 2.63. The number of aryl methyl sites for hydroxylation is 1. The van der Waals surface area contributed by atoms with E-state index in [0.29, 0.717) is 5.91 Å². The van der Waals surface area contributed by atoms with Crippen molar-refractivity contribution in [3.8, 4) is 0 Å². The lowest BCUT2D eigenvalue weighted by molar-refractivity contribution is -0.184. The molecular weight excluding hydrogens is 248 g/mol. The maximum atomic E-state index is 12.8. The fraction of sp³-hybridized carbons (Fsp3) is 0.647. The van der Waals surface area contributed by atoms with Gasteiger partial charge >= 0.3 is 0 Å². The van der Waals surface area contributed by atoms with Gasteiger partial charge in [0.25, 0.3) is 0 Å². The second kappa shape index (κ2) is 4.31. The van der Waals surface area contributed by atoms with E-state index in [-0.39, 0.29) is 17.0 Å². The first kappa shape index (κ1) is 13.6. The summed E-state index contributed by atoms with van der Waals surface area (Å²) in [5, 5.41) is 0. The molecule has 2 heterocycles. The van der Waals surface area contributed by atoms with Crippen LogP contribution in [0.5, 0.6) is 0 Å². The molecular formula is C17H24N2O. The molecule has 1 spiro atoms. The highest BCUT2D eigenvalue weighted by molar-refractivity contribution is 5.91. The number of β-lactam (4-membered cyclic amide) rings is 1. The zero-order chi connectivity index (χ0) is 14.5. The van der Waals surface area contributed by atoms with Crippen LogP contribution in [0.2, 0.25) is 0 Å². The minimum absolute atomic E-state index is 0.126. The van der Waals surface area contributed by atoms with Gasteiger partial charge in [0.05, 0.1) is 11.5 Å². The molecule has 2 fully saturated rings. The van der Waals surface area contributed by atoms with Gasteiger partial charge in [0.2, 0.25) is 5.91 Å². The van der Waals surface area contributed by atoms with Gasteiger partial charge in [-0.05, 0) is 51.7 Å². The smallest absolute Gasteiger partial charge is 0.232 e. The van der Waals surface area contributed by atoms with Gasteiger partial charge in [-0.15, -0.1) is 0 Å². The van der Waals surface area contributed by atoms with Crippen molar-refractivity contribution in [2.75, 3.05) is 0 Å². The molecule has 3 nitrogen and oxygen atoms in total. The van der Waals surface area contributed by atoms with Gasteiger partial charge in [-0.25, -0.2) is 0 Å². The molecule has 20 heavy (non-hydrogen) atoms. The van der Waals surface area contributed by atoms with Gasteiger partial charge in [-0.3, -0.25) is 9.78 Å². The van der Waals surface area contributed by atoms with Crippen LogP contribution >= 0.6 is 0 Å². The van der Waals surface area contributed by atoms with E-state index in [0.717, 1.165) is 12.8 Å². The fourth-order valence-electron chi connectivity index (χ4n) is 4.04. The van der Waals surface area contributed by atoms with E-state index in [1.165, 1.54) is 24.0 Å². The van der Waals surface area contributed by atoms with Crippen molar-refractivity contribution < 1.29 is 4.79 Å². The first-order valence-electron chi connectivity index (χ1n) is 7.62. The van der Waals surface area contributed by atoms with Crippen molar-refractivity contribution in [2.24, 2.45) is 5.41 Å². The number of hydrogen-bond acceptors (Lipinski definition) is 2. The second-order valence-electron chi connectivity index (χ2n) is 7.41. The Bertz CT molecular complexity index is 538. The minimum Gasteiger partial charge on any atom is -0.329 e. The number of rotatable bonds is 1. The number of amides is 1. The highest BCUT2D eigenvalue weighted by atomic mass is 16.2. The van der Waals surface area contributed by atoms with E-state index < -0.39 is 0 Å². The molecule has 1 aromatic rings. The minimum atomic E-state index is -0.136. The SMILES string of the molecule is Cc1cncc(C2N(C(C)(C)C)C(=O)C23CCCC3)c1. The maximum Gasteiger partial charge on any atom is 0.232 e. The van der Waals surface area contributed by atoms with Gasteiger partial charge in [0.1, 0.15) is 0 Å². The average molecular weight is 272 g/mol. The quantitative estimate of drug-likeness (QED) is 0.731. The molecule has 1 aliphatic carbocycles. The van der Waals surface area contributed by atoms with Crippen LogP contribution in [0.15, 0.2) is 18.5 Å². The lowest BCUT2D eigenvalue weighted by Crippen LogP contribution is -2.67. The molecule has 1 unspecified atom stereocenters. The number of carbonyl (C=O) groups excluding carboxylic acids is 1. The van der Waals surface area contributed by atoms with E-state index >= 15 is 0 Å². The molecule has 0 bridgehead atoms. The van der Waals surface area contributed by atoms with Gasteiger partial charge < -0.3 is 4.90 Å². The third-order valence-electron chi connectivity index (χ3n) is 4.86. The summed E-state index contributed by atoms with van der Waals surface area (Å²) < 4.78 is 0. The van der Waals surface area contributed by atoms with E-state index in [2.05, 4.69) is 43.6 Å². The Morgan fingerprint density at radius 3 is 2.45 bits per heavy atom. The normalized spacial score (nSPS) is 25.1. The Kier molecular flexibility index (Phi) is 2.93. The zero-order valence-electron chi connectivity index (χ0n) is 12.9. The molecule has 2 aliphatic rings. The number of nitrogens with zero attached hydrogens (tertiary/aromatic N) is 2.